The highest BCUT2D eigenvalue weighted by molar-refractivity contribution is 5.89. The molecule has 7 heteroatoms. The molecule has 4 N–H and O–H groups in total. The van der Waals surface area contributed by atoms with Gasteiger partial charge < -0.3 is 11.5 Å². The van der Waals surface area contributed by atoms with E-state index in [-0.39, 0.29) is 22.5 Å². The number of nitrogen functional groups attached to an aromatic ring is 2. The Morgan fingerprint density at radius 2 is 1.41 bits per heavy atom. The Balaban J connectivity index is 2.36. The molecule has 0 saturated carbocycles. The lowest BCUT2D eigenvalue weighted by Crippen LogP contribution is -2.01. The molecule has 0 aromatic heterocycles. The highest BCUT2D eigenvalue weighted by Crippen LogP contribution is 2.38. The SMILES string of the molecule is N#Cc1c(-c2cccc(N)c2)cc(-c2cccc([N+](=O)[O-])c2)c(C#N)c1N. The minimum atomic E-state index is -0.513. The average Bonchev–Trinajstić information content (AvgIpc) is 2.67. The normalized spacial score (nSPS) is 10.0. The molecule has 0 aliphatic carbocycles. The Bertz CT molecular complexity index is 1160. The number of anilines is 2. The van der Waals surface area contributed by atoms with Crippen molar-refractivity contribution >= 4 is 17.1 Å². The summed E-state index contributed by atoms with van der Waals surface area (Å²) in [6, 6.07) is 18.5. The number of nitro groups is 1. The number of hydrogen-bond acceptors (Lipinski definition) is 6. The topological polar surface area (TPSA) is 143 Å². The largest absolute Gasteiger partial charge is 0.399 e. The second-order valence-electron chi connectivity index (χ2n) is 5.79. The molecule has 0 unspecified atom stereocenters. The molecule has 0 spiro atoms. The van der Waals surface area contributed by atoms with Crippen LogP contribution in [0.5, 0.6) is 0 Å². The Hall–Kier alpha value is -4.36. The molecular formula is C20H13N5O2. The van der Waals surface area contributed by atoms with Crippen LogP contribution in [0.4, 0.5) is 17.1 Å². The second kappa shape index (κ2) is 6.87. The van der Waals surface area contributed by atoms with Crippen LogP contribution in [0.1, 0.15) is 11.1 Å². The van der Waals surface area contributed by atoms with E-state index in [4.69, 9.17) is 11.5 Å². The molecule has 0 atom stereocenters. The molecule has 0 amide bonds. The van der Waals surface area contributed by atoms with Crippen molar-refractivity contribution in [2.75, 3.05) is 11.5 Å². The molecule has 0 radical (unpaired) electrons. The van der Waals surface area contributed by atoms with Gasteiger partial charge >= 0.3 is 0 Å². The number of nitro benzene ring substituents is 1. The van der Waals surface area contributed by atoms with Crippen LogP contribution in [0.15, 0.2) is 54.6 Å². The number of nitriles is 2. The van der Waals surface area contributed by atoms with Crippen LogP contribution in [-0.2, 0) is 0 Å². The minimum absolute atomic E-state index is 0.0291. The number of nitrogens with zero attached hydrogens (tertiary/aromatic N) is 3. The summed E-state index contributed by atoms with van der Waals surface area (Å²) in [6.07, 6.45) is 0. The quantitative estimate of drug-likeness (QED) is 0.415. The second-order valence-corrected chi connectivity index (χ2v) is 5.79. The van der Waals surface area contributed by atoms with Gasteiger partial charge in [0, 0.05) is 28.9 Å². The highest BCUT2D eigenvalue weighted by atomic mass is 16.6. The zero-order valence-corrected chi connectivity index (χ0v) is 14.0. The number of nitrogens with two attached hydrogens (primary N) is 2. The fraction of sp³-hybridized carbons (Fsp3) is 0. The van der Waals surface area contributed by atoms with Gasteiger partial charge in [0.15, 0.2) is 0 Å². The standard InChI is InChI=1S/C20H13N5O2/c21-10-18-16(12-3-1-5-14(23)7-12)9-17(19(11-22)20(18)24)13-4-2-6-15(8-13)25(26)27/h1-9H,23-24H2. The molecule has 0 aliphatic rings. The van der Waals surface area contributed by atoms with E-state index in [1.807, 2.05) is 12.1 Å². The Morgan fingerprint density at radius 1 is 0.852 bits per heavy atom. The third-order valence-electron chi connectivity index (χ3n) is 4.16. The zero-order chi connectivity index (χ0) is 19.6. The lowest BCUT2D eigenvalue weighted by molar-refractivity contribution is -0.384. The van der Waals surface area contributed by atoms with Crippen molar-refractivity contribution < 1.29 is 4.92 Å². The van der Waals surface area contributed by atoms with E-state index < -0.39 is 4.92 Å². The average molecular weight is 355 g/mol. The van der Waals surface area contributed by atoms with E-state index in [2.05, 4.69) is 0 Å². The van der Waals surface area contributed by atoms with E-state index in [1.165, 1.54) is 18.2 Å². The van der Waals surface area contributed by atoms with Crippen molar-refractivity contribution in [1.82, 2.24) is 0 Å². The zero-order valence-electron chi connectivity index (χ0n) is 14.0. The number of non-ortho nitro benzene ring substituents is 1. The maximum absolute atomic E-state index is 11.1. The summed E-state index contributed by atoms with van der Waals surface area (Å²) in [5.41, 5.74) is 14.7. The molecule has 7 nitrogen and oxygen atoms in total. The molecule has 0 bridgehead atoms. The lowest BCUT2D eigenvalue weighted by atomic mass is 9.89. The number of hydrogen-bond donors (Lipinski definition) is 2. The van der Waals surface area contributed by atoms with Gasteiger partial charge in [-0.15, -0.1) is 0 Å². The molecule has 0 saturated heterocycles. The van der Waals surface area contributed by atoms with Gasteiger partial charge in [-0.2, -0.15) is 10.5 Å². The van der Waals surface area contributed by atoms with Crippen LogP contribution in [-0.4, -0.2) is 4.92 Å². The Morgan fingerprint density at radius 3 is 1.93 bits per heavy atom. The molecular weight excluding hydrogens is 342 g/mol. The van der Waals surface area contributed by atoms with E-state index in [9.17, 15) is 20.6 Å². The van der Waals surface area contributed by atoms with Gasteiger partial charge in [0.25, 0.3) is 5.69 Å². The summed E-state index contributed by atoms with van der Waals surface area (Å²) >= 11 is 0. The van der Waals surface area contributed by atoms with Crippen LogP contribution in [0.3, 0.4) is 0 Å². The third kappa shape index (κ3) is 3.13. The monoisotopic (exact) mass is 355 g/mol. The molecule has 0 heterocycles. The summed E-state index contributed by atoms with van der Waals surface area (Å²) in [5.74, 6) is 0. The maximum Gasteiger partial charge on any atom is 0.270 e. The van der Waals surface area contributed by atoms with Crippen molar-refractivity contribution in [3.63, 3.8) is 0 Å². The summed E-state index contributed by atoms with van der Waals surface area (Å²) in [5, 5.41) is 30.2. The first-order valence-electron chi connectivity index (χ1n) is 7.83. The van der Waals surface area contributed by atoms with E-state index in [1.54, 1.807) is 36.4 Å². The third-order valence-corrected chi connectivity index (χ3v) is 4.16. The van der Waals surface area contributed by atoms with Gasteiger partial charge in [-0.05, 0) is 29.3 Å². The van der Waals surface area contributed by atoms with Crippen molar-refractivity contribution in [2.45, 2.75) is 0 Å². The highest BCUT2D eigenvalue weighted by Gasteiger charge is 2.19. The van der Waals surface area contributed by atoms with Crippen molar-refractivity contribution in [1.29, 1.82) is 10.5 Å². The van der Waals surface area contributed by atoms with Crippen molar-refractivity contribution in [3.05, 3.63) is 75.8 Å². The van der Waals surface area contributed by atoms with E-state index in [0.717, 1.165) is 0 Å². The summed E-state index contributed by atoms with van der Waals surface area (Å²) in [4.78, 5) is 10.6. The molecule has 3 aromatic carbocycles. The van der Waals surface area contributed by atoms with Crippen LogP contribution in [0.2, 0.25) is 0 Å². The molecule has 27 heavy (non-hydrogen) atoms. The molecule has 130 valence electrons. The maximum atomic E-state index is 11.1. The molecule has 3 aromatic rings. The van der Waals surface area contributed by atoms with Crippen molar-refractivity contribution in [3.8, 4) is 34.4 Å². The fourth-order valence-corrected chi connectivity index (χ4v) is 2.89. The predicted molar refractivity (Wildman–Crippen MR) is 102 cm³/mol. The number of rotatable bonds is 3. The van der Waals surface area contributed by atoms with Crippen LogP contribution in [0.25, 0.3) is 22.3 Å². The van der Waals surface area contributed by atoms with Gasteiger partial charge in [-0.1, -0.05) is 24.3 Å². The van der Waals surface area contributed by atoms with E-state index >= 15 is 0 Å². The summed E-state index contributed by atoms with van der Waals surface area (Å²) in [6.45, 7) is 0. The summed E-state index contributed by atoms with van der Waals surface area (Å²) in [7, 11) is 0. The van der Waals surface area contributed by atoms with Gasteiger partial charge in [-0.25, -0.2) is 0 Å². The number of benzene rings is 3. The van der Waals surface area contributed by atoms with Crippen LogP contribution < -0.4 is 11.5 Å². The van der Waals surface area contributed by atoms with Crippen LogP contribution >= 0.6 is 0 Å². The summed E-state index contributed by atoms with van der Waals surface area (Å²) < 4.78 is 0. The van der Waals surface area contributed by atoms with Gasteiger partial charge in [0.2, 0.25) is 0 Å². The first-order chi connectivity index (χ1) is 13.0. The minimum Gasteiger partial charge on any atom is -0.399 e. The fourth-order valence-electron chi connectivity index (χ4n) is 2.89. The van der Waals surface area contributed by atoms with Crippen molar-refractivity contribution in [2.24, 2.45) is 0 Å². The Labute approximate surface area is 154 Å². The predicted octanol–water partition coefficient (Wildman–Crippen LogP) is 3.84. The first kappa shape index (κ1) is 17.5. The van der Waals surface area contributed by atoms with E-state index in [0.29, 0.717) is 27.9 Å². The van der Waals surface area contributed by atoms with Gasteiger partial charge in [0.1, 0.15) is 12.1 Å². The molecule has 3 rings (SSSR count). The molecule has 0 aliphatic heterocycles. The van der Waals surface area contributed by atoms with Gasteiger partial charge in [-0.3, -0.25) is 10.1 Å². The van der Waals surface area contributed by atoms with Gasteiger partial charge in [0.05, 0.1) is 21.7 Å². The molecule has 0 fully saturated rings. The van der Waals surface area contributed by atoms with Crippen LogP contribution in [0, 0.1) is 32.8 Å². The lowest BCUT2D eigenvalue weighted by Gasteiger charge is -2.14. The first-order valence-corrected chi connectivity index (χ1v) is 7.83. The smallest absolute Gasteiger partial charge is 0.270 e. The Kier molecular flexibility index (Phi) is 4.44.